The number of rotatable bonds is 5. The average Bonchev–Trinajstić information content (AvgIpc) is 2.61. The fraction of sp³-hybridized carbons (Fsp3) is 0.389. The van der Waals surface area contributed by atoms with Gasteiger partial charge in [0.2, 0.25) is 0 Å². The Bertz CT molecular complexity index is 557. The van der Waals surface area contributed by atoms with E-state index < -0.39 is 0 Å². The van der Waals surface area contributed by atoms with E-state index in [9.17, 15) is 4.79 Å². The number of ether oxygens (including phenoxy) is 1. The Labute approximate surface area is 137 Å². The summed E-state index contributed by atoms with van der Waals surface area (Å²) in [4.78, 5) is 18.7. The van der Waals surface area contributed by atoms with Crippen molar-refractivity contribution >= 4 is 5.97 Å². The summed E-state index contributed by atoms with van der Waals surface area (Å²) in [6.07, 6.45) is 5.57. The number of pyridine rings is 2. The average molecular weight is 316 g/mol. The van der Waals surface area contributed by atoms with Gasteiger partial charge in [-0.15, -0.1) is 0 Å². The van der Waals surface area contributed by atoms with Crippen molar-refractivity contribution in [2.45, 2.75) is 46.8 Å². The molecular weight excluding hydrogens is 292 g/mol. The Hall–Kier alpha value is -2.27. The Balaban J connectivity index is 0.000000238. The summed E-state index contributed by atoms with van der Waals surface area (Å²) < 4.78 is 4.80. The monoisotopic (exact) mass is 316 g/mol. The van der Waals surface area contributed by atoms with Crippen molar-refractivity contribution in [2.75, 3.05) is 0 Å². The van der Waals surface area contributed by atoms with E-state index in [0.29, 0.717) is 0 Å². The highest BCUT2D eigenvalue weighted by molar-refractivity contribution is 5.65. The van der Waals surface area contributed by atoms with Gasteiger partial charge in [-0.2, -0.15) is 0 Å². The zero-order valence-electron chi connectivity index (χ0n) is 14.0. The number of hydrogen-bond donors (Lipinski definition) is 1. The molecule has 0 saturated heterocycles. The highest BCUT2D eigenvalue weighted by atomic mass is 16.5. The normalized spacial score (nSPS) is 9.74. The summed E-state index contributed by atoms with van der Waals surface area (Å²) in [6, 6.07) is 7.70. The van der Waals surface area contributed by atoms with Crippen LogP contribution in [0.3, 0.4) is 0 Å². The van der Waals surface area contributed by atoms with Crippen molar-refractivity contribution in [3.8, 4) is 0 Å². The lowest BCUT2D eigenvalue weighted by molar-refractivity contribution is -0.142. The fourth-order valence-corrected chi connectivity index (χ4v) is 1.68. The molecule has 0 bridgehead atoms. The molecule has 23 heavy (non-hydrogen) atoms. The van der Waals surface area contributed by atoms with E-state index in [4.69, 9.17) is 9.84 Å². The SMILES string of the molecule is CCc1ccc(CO)nc1.CCc1ccc(COC(C)=O)nc1. The molecule has 0 atom stereocenters. The number of carbonyl (C=O) groups excluding carboxylic acids is 1. The van der Waals surface area contributed by atoms with Gasteiger partial charge in [0.25, 0.3) is 0 Å². The van der Waals surface area contributed by atoms with Crippen LogP contribution in [0.5, 0.6) is 0 Å². The second-order valence-electron chi connectivity index (χ2n) is 4.96. The number of carbonyl (C=O) groups is 1. The van der Waals surface area contributed by atoms with Crippen molar-refractivity contribution < 1.29 is 14.6 Å². The van der Waals surface area contributed by atoms with Crippen LogP contribution in [0.25, 0.3) is 0 Å². The lowest BCUT2D eigenvalue weighted by Gasteiger charge is -2.01. The lowest BCUT2D eigenvalue weighted by Crippen LogP contribution is -2.00. The number of aryl methyl sites for hydroxylation is 2. The molecule has 2 rings (SSSR count). The van der Waals surface area contributed by atoms with Crippen LogP contribution >= 0.6 is 0 Å². The van der Waals surface area contributed by atoms with Crippen LogP contribution in [0.4, 0.5) is 0 Å². The molecule has 0 aliphatic heterocycles. The Morgan fingerprint density at radius 3 is 1.87 bits per heavy atom. The maximum absolute atomic E-state index is 10.5. The van der Waals surface area contributed by atoms with Crippen LogP contribution in [0, 0.1) is 0 Å². The standard InChI is InChI=1S/C10H13NO2.C8H11NO/c1-3-9-4-5-10(11-6-9)7-13-8(2)12;1-2-7-3-4-8(6-10)9-5-7/h4-6H,3,7H2,1-2H3;3-5,10H,2,6H2,1H3. The molecule has 0 saturated carbocycles. The molecule has 0 spiro atoms. The van der Waals surface area contributed by atoms with Gasteiger partial charge in [0.05, 0.1) is 18.0 Å². The van der Waals surface area contributed by atoms with Gasteiger partial charge in [-0.3, -0.25) is 14.8 Å². The molecule has 0 unspecified atom stereocenters. The maximum Gasteiger partial charge on any atom is 0.303 e. The topological polar surface area (TPSA) is 72.3 Å². The van der Waals surface area contributed by atoms with Crippen molar-refractivity contribution in [1.82, 2.24) is 9.97 Å². The molecule has 124 valence electrons. The summed E-state index contributed by atoms with van der Waals surface area (Å²) in [5, 5.41) is 8.64. The van der Waals surface area contributed by atoms with E-state index in [-0.39, 0.29) is 19.2 Å². The third-order valence-corrected chi connectivity index (χ3v) is 3.17. The summed E-state index contributed by atoms with van der Waals surface area (Å²) in [5.74, 6) is -0.277. The first-order valence-electron chi connectivity index (χ1n) is 7.70. The summed E-state index contributed by atoms with van der Waals surface area (Å²) >= 11 is 0. The van der Waals surface area contributed by atoms with E-state index in [1.165, 1.54) is 18.1 Å². The predicted octanol–water partition coefficient (Wildman–Crippen LogP) is 2.84. The summed E-state index contributed by atoms with van der Waals surface area (Å²) in [7, 11) is 0. The van der Waals surface area contributed by atoms with E-state index in [1.807, 2.05) is 24.3 Å². The number of aliphatic hydroxyl groups excluding tert-OH is 1. The third-order valence-electron chi connectivity index (χ3n) is 3.17. The number of aromatic nitrogens is 2. The molecule has 2 aromatic heterocycles. The van der Waals surface area contributed by atoms with Gasteiger partial charge in [0.15, 0.2) is 0 Å². The van der Waals surface area contributed by atoms with Crippen molar-refractivity contribution in [2.24, 2.45) is 0 Å². The van der Waals surface area contributed by atoms with Crippen molar-refractivity contribution in [1.29, 1.82) is 0 Å². The van der Waals surface area contributed by atoms with E-state index in [0.717, 1.165) is 24.2 Å². The van der Waals surface area contributed by atoms with E-state index >= 15 is 0 Å². The van der Waals surface area contributed by atoms with Crippen molar-refractivity contribution in [3.63, 3.8) is 0 Å². The molecule has 0 amide bonds. The number of nitrogens with zero attached hydrogens (tertiary/aromatic N) is 2. The van der Waals surface area contributed by atoms with Gasteiger partial charge in [0, 0.05) is 19.3 Å². The Kier molecular flexibility index (Phi) is 8.54. The first kappa shape index (κ1) is 18.8. The molecule has 1 N–H and O–H groups in total. The van der Waals surface area contributed by atoms with Gasteiger partial charge >= 0.3 is 5.97 Å². The Morgan fingerprint density at radius 2 is 1.52 bits per heavy atom. The van der Waals surface area contributed by atoms with Gasteiger partial charge < -0.3 is 9.84 Å². The van der Waals surface area contributed by atoms with Crippen LogP contribution in [0.2, 0.25) is 0 Å². The van der Waals surface area contributed by atoms with Gasteiger partial charge in [-0.05, 0) is 36.1 Å². The first-order chi connectivity index (χ1) is 11.1. The fourth-order valence-electron chi connectivity index (χ4n) is 1.68. The third kappa shape index (κ3) is 7.51. The second kappa shape index (κ2) is 10.5. The van der Waals surface area contributed by atoms with Crippen LogP contribution in [-0.2, 0) is 35.6 Å². The maximum atomic E-state index is 10.5. The summed E-state index contributed by atoms with van der Waals surface area (Å²) in [6.45, 7) is 5.84. The minimum absolute atomic E-state index is 0.0317. The number of hydrogen-bond acceptors (Lipinski definition) is 5. The molecule has 2 heterocycles. The lowest BCUT2D eigenvalue weighted by atomic mass is 10.2. The first-order valence-corrected chi connectivity index (χ1v) is 7.70. The highest BCUT2D eigenvalue weighted by Crippen LogP contribution is 2.02. The molecule has 0 aliphatic carbocycles. The van der Waals surface area contributed by atoms with Crippen LogP contribution in [0.15, 0.2) is 36.7 Å². The molecule has 0 aliphatic rings. The zero-order chi connectivity index (χ0) is 17.1. The molecule has 0 fully saturated rings. The van der Waals surface area contributed by atoms with Crippen LogP contribution in [-0.4, -0.2) is 21.0 Å². The van der Waals surface area contributed by atoms with Gasteiger partial charge in [-0.25, -0.2) is 0 Å². The molecule has 5 nitrogen and oxygen atoms in total. The molecule has 0 radical (unpaired) electrons. The second-order valence-corrected chi connectivity index (χ2v) is 4.96. The highest BCUT2D eigenvalue weighted by Gasteiger charge is 1.97. The molecule has 2 aromatic rings. The van der Waals surface area contributed by atoms with E-state index in [2.05, 4.69) is 23.8 Å². The minimum Gasteiger partial charge on any atom is -0.459 e. The van der Waals surface area contributed by atoms with Gasteiger partial charge in [-0.1, -0.05) is 26.0 Å². The summed E-state index contributed by atoms with van der Waals surface area (Å²) in [5.41, 5.74) is 3.91. The molecule has 5 heteroatoms. The molecule has 0 aromatic carbocycles. The van der Waals surface area contributed by atoms with Gasteiger partial charge in [0.1, 0.15) is 6.61 Å². The molecular formula is C18H24N2O3. The van der Waals surface area contributed by atoms with Crippen LogP contribution in [0.1, 0.15) is 43.3 Å². The largest absolute Gasteiger partial charge is 0.459 e. The van der Waals surface area contributed by atoms with Crippen molar-refractivity contribution in [3.05, 3.63) is 59.2 Å². The zero-order valence-corrected chi connectivity index (χ0v) is 14.0. The number of aliphatic hydroxyl groups is 1. The quantitative estimate of drug-likeness (QED) is 0.859. The van der Waals surface area contributed by atoms with Crippen LogP contribution < -0.4 is 0 Å². The number of esters is 1. The van der Waals surface area contributed by atoms with E-state index in [1.54, 1.807) is 12.4 Å². The minimum atomic E-state index is -0.277. The smallest absolute Gasteiger partial charge is 0.303 e. The Morgan fingerprint density at radius 1 is 1.00 bits per heavy atom. The predicted molar refractivity (Wildman–Crippen MR) is 88.6 cm³/mol.